The summed E-state index contributed by atoms with van der Waals surface area (Å²) in [6, 6.07) is 14.2. The molecule has 1 aliphatic carbocycles. The number of halogens is 2. The van der Waals surface area contributed by atoms with Gasteiger partial charge >= 0.3 is 0 Å². The van der Waals surface area contributed by atoms with E-state index in [1.165, 1.54) is 29.5 Å². The predicted octanol–water partition coefficient (Wildman–Crippen LogP) is 7.07. The number of aromatic nitrogens is 1. The lowest BCUT2D eigenvalue weighted by atomic mass is 10.1. The van der Waals surface area contributed by atoms with Gasteiger partial charge in [0.2, 0.25) is 5.71 Å². The van der Waals surface area contributed by atoms with Crippen molar-refractivity contribution in [1.82, 2.24) is 4.98 Å². The molecule has 1 aliphatic rings. The number of hydrogen-bond acceptors (Lipinski definition) is 6. The first kappa shape index (κ1) is 18.6. The number of fused-ring (bicyclic) bond motifs is 3. The number of para-hydroxylation sites is 1. The van der Waals surface area contributed by atoms with Crippen LogP contribution >= 0.6 is 34.5 Å². The highest BCUT2D eigenvalue weighted by Gasteiger charge is 2.34. The molecule has 31 heavy (non-hydrogen) atoms. The lowest BCUT2D eigenvalue weighted by Gasteiger charge is -1.98. The maximum absolute atomic E-state index is 12.7. The molecule has 2 aromatic carbocycles. The van der Waals surface area contributed by atoms with Crippen molar-refractivity contribution in [2.45, 2.75) is 0 Å². The highest BCUT2D eigenvalue weighted by Crippen LogP contribution is 2.37. The second-order valence-corrected chi connectivity index (χ2v) is 8.86. The maximum Gasteiger partial charge on any atom is 0.238 e. The number of benzene rings is 2. The van der Waals surface area contributed by atoms with Gasteiger partial charge in [-0.25, -0.2) is 0 Å². The summed E-state index contributed by atoms with van der Waals surface area (Å²) >= 11 is 13.4. The average Bonchev–Trinajstić information content (AvgIpc) is 3.48. The molecule has 6 rings (SSSR count). The van der Waals surface area contributed by atoms with E-state index < -0.39 is 11.6 Å². The van der Waals surface area contributed by atoms with Crippen molar-refractivity contribution in [1.29, 1.82) is 0 Å². The van der Waals surface area contributed by atoms with Crippen LogP contribution in [0.2, 0.25) is 10.0 Å². The molecule has 0 radical (unpaired) electrons. The van der Waals surface area contributed by atoms with Crippen LogP contribution in [0, 0.1) is 0 Å². The fraction of sp³-hybridized carbons (Fsp3) is 0. The highest BCUT2D eigenvalue weighted by molar-refractivity contribution is 7.21. The summed E-state index contributed by atoms with van der Waals surface area (Å²) in [6.07, 6.45) is 1.43. The molecule has 0 N–H and O–H groups in total. The summed E-state index contributed by atoms with van der Waals surface area (Å²) in [5, 5.41) is 2.13. The molecular formula is C23H9Cl2NO4S. The summed E-state index contributed by atoms with van der Waals surface area (Å²) in [6.45, 7) is 0. The number of carbonyl (C=O) groups excluding carboxylic acids is 2. The molecule has 0 unspecified atom stereocenters. The molecule has 0 aliphatic heterocycles. The lowest BCUT2D eigenvalue weighted by molar-refractivity contribution is 0.0990. The quantitative estimate of drug-likeness (QED) is 0.206. The van der Waals surface area contributed by atoms with Gasteiger partial charge in [0.1, 0.15) is 11.3 Å². The number of Topliss-reactive ketones (excluding diaryl/α,β-unsaturated/α-hetero) is 2. The van der Waals surface area contributed by atoms with Gasteiger partial charge in [0.05, 0.1) is 20.3 Å². The molecule has 0 amide bonds. The minimum atomic E-state index is -0.408. The highest BCUT2D eigenvalue weighted by atomic mass is 35.5. The molecule has 5 aromatic rings. The Hall–Kier alpha value is -3.19. The molecule has 3 heterocycles. The molecule has 0 bridgehead atoms. The van der Waals surface area contributed by atoms with Crippen molar-refractivity contribution in [2.24, 2.45) is 0 Å². The third-order valence-electron chi connectivity index (χ3n) is 5.07. The number of rotatable bonds is 2. The van der Waals surface area contributed by atoms with E-state index in [9.17, 15) is 9.59 Å². The molecular weight excluding hydrogens is 457 g/mol. The first-order valence-electron chi connectivity index (χ1n) is 9.17. The van der Waals surface area contributed by atoms with Gasteiger partial charge in [-0.3, -0.25) is 9.59 Å². The van der Waals surface area contributed by atoms with E-state index >= 15 is 0 Å². The first-order chi connectivity index (χ1) is 15.0. The number of carbonyl (C=O) groups is 2. The van der Waals surface area contributed by atoms with Gasteiger partial charge in [-0.1, -0.05) is 41.4 Å². The van der Waals surface area contributed by atoms with Crippen LogP contribution in [0.4, 0.5) is 0 Å². The second-order valence-electron chi connectivity index (χ2n) is 7.01. The van der Waals surface area contributed by atoms with Crippen molar-refractivity contribution in [2.75, 3.05) is 0 Å². The Labute approximate surface area is 188 Å². The number of ketones is 2. The lowest BCUT2D eigenvalue weighted by Crippen LogP contribution is -1.99. The van der Waals surface area contributed by atoms with Crippen LogP contribution in [0.15, 0.2) is 62.9 Å². The normalized spacial score (nSPS) is 13.5. The Balaban J connectivity index is 1.37. The maximum atomic E-state index is 12.7. The molecule has 0 atom stereocenters. The van der Waals surface area contributed by atoms with Gasteiger partial charge in [0, 0.05) is 22.6 Å². The predicted molar refractivity (Wildman–Crippen MR) is 120 cm³/mol. The Morgan fingerprint density at radius 1 is 0.903 bits per heavy atom. The second kappa shape index (κ2) is 6.65. The van der Waals surface area contributed by atoms with Gasteiger partial charge in [-0.15, -0.1) is 11.3 Å². The SMILES string of the molecule is O=C1C(=Cc2cc3sc(-c4cc5ccccc5o4)nc3o2)C(=O)c2cc(Cl)c(Cl)cc21. The number of hydrogen-bond donors (Lipinski definition) is 0. The summed E-state index contributed by atoms with van der Waals surface area (Å²) in [5.74, 6) is 0.206. The zero-order valence-electron chi connectivity index (χ0n) is 15.4. The average molecular weight is 466 g/mol. The van der Waals surface area contributed by atoms with Crippen molar-refractivity contribution in [3.63, 3.8) is 0 Å². The van der Waals surface area contributed by atoms with Gasteiger partial charge in [-0.2, -0.15) is 4.98 Å². The van der Waals surface area contributed by atoms with Crippen molar-refractivity contribution in [3.8, 4) is 10.8 Å². The standard InChI is InChI=1S/C23H9Cl2NO4S/c24-15-8-12-13(9-16(15)25)21(28)14(20(12)27)6-11-7-19-22(29-11)26-23(31-19)18-5-10-3-1-2-4-17(10)30-18/h1-9H. The molecule has 0 spiro atoms. The minimum Gasteiger partial charge on any atom is -0.454 e. The van der Waals surface area contributed by atoms with Gasteiger partial charge in [0.25, 0.3) is 0 Å². The number of thiazole rings is 1. The third-order valence-corrected chi connectivity index (χ3v) is 6.79. The fourth-order valence-electron chi connectivity index (χ4n) is 3.61. The molecule has 8 heteroatoms. The molecule has 3 aromatic heterocycles. The van der Waals surface area contributed by atoms with Crippen LogP contribution in [-0.4, -0.2) is 16.6 Å². The van der Waals surface area contributed by atoms with Gasteiger partial charge in [0.15, 0.2) is 22.3 Å². The van der Waals surface area contributed by atoms with Crippen molar-refractivity contribution >= 4 is 73.6 Å². The zero-order chi connectivity index (χ0) is 21.3. The van der Waals surface area contributed by atoms with Crippen LogP contribution in [0.3, 0.4) is 0 Å². The fourth-order valence-corrected chi connectivity index (χ4v) is 4.82. The van der Waals surface area contributed by atoms with Crippen LogP contribution in [0.1, 0.15) is 26.5 Å². The van der Waals surface area contributed by atoms with Crippen LogP contribution in [0.25, 0.3) is 38.2 Å². The van der Waals surface area contributed by atoms with Crippen LogP contribution in [-0.2, 0) is 0 Å². The molecule has 0 saturated heterocycles. The van der Waals surface area contributed by atoms with E-state index in [0.29, 0.717) is 22.2 Å². The third kappa shape index (κ3) is 2.87. The van der Waals surface area contributed by atoms with Crippen molar-refractivity contribution < 1.29 is 18.4 Å². The first-order valence-corrected chi connectivity index (χ1v) is 10.7. The summed E-state index contributed by atoms with van der Waals surface area (Å²) in [4.78, 5) is 29.9. The van der Waals surface area contributed by atoms with E-state index in [1.807, 2.05) is 30.3 Å². The molecule has 5 nitrogen and oxygen atoms in total. The van der Waals surface area contributed by atoms with Gasteiger partial charge < -0.3 is 8.83 Å². The Kier molecular flexibility index (Phi) is 3.99. The molecule has 0 saturated carbocycles. The van der Waals surface area contributed by atoms with E-state index in [2.05, 4.69) is 4.98 Å². The van der Waals surface area contributed by atoms with E-state index in [-0.39, 0.29) is 26.7 Å². The topological polar surface area (TPSA) is 73.3 Å². The Morgan fingerprint density at radius 3 is 2.29 bits per heavy atom. The molecule has 0 fully saturated rings. The minimum absolute atomic E-state index is 0.00671. The zero-order valence-corrected chi connectivity index (χ0v) is 17.8. The summed E-state index contributed by atoms with van der Waals surface area (Å²) in [7, 11) is 0. The summed E-state index contributed by atoms with van der Waals surface area (Å²) < 4.78 is 12.4. The Bertz CT molecular complexity index is 1500. The van der Waals surface area contributed by atoms with Gasteiger partial charge in [-0.05, 0) is 30.3 Å². The van der Waals surface area contributed by atoms with Crippen molar-refractivity contribution in [3.05, 3.63) is 81.0 Å². The monoisotopic (exact) mass is 465 g/mol. The smallest absolute Gasteiger partial charge is 0.238 e. The number of allylic oxidation sites excluding steroid dienone is 1. The largest absolute Gasteiger partial charge is 0.454 e. The Morgan fingerprint density at radius 2 is 1.61 bits per heavy atom. The van der Waals surface area contributed by atoms with E-state index in [4.69, 9.17) is 32.0 Å². The van der Waals surface area contributed by atoms with Crippen LogP contribution in [0.5, 0.6) is 0 Å². The van der Waals surface area contributed by atoms with E-state index in [1.54, 1.807) is 6.07 Å². The number of nitrogens with zero attached hydrogens (tertiary/aromatic N) is 1. The molecule has 150 valence electrons. The summed E-state index contributed by atoms with van der Waals surface area (Å²) in [5.41, 5.74) is 1.68. The van der Waals surface area contributed by atoms with E-state index in [0.717, 1.165) is 15.7 Å². The van der Waals surface area contributed by atoms with Crippen LogP contribution < -0.4 is 0 Å². The number of furan rings is 2.